The van der Waals surface area contributed by atoms with Crippen LogP contribution in [0.4, 0.5) is 5.82 Å². The van der Waals surface area contributed by atoms with E-state index in [1.54, 1.807) is 6.33 Å². The summed E-state index contributed by atoms with van der Waals surface area (Å²) < 4.78 is 7.37. The van der Waals surface area contributed by atoms with Crippen molar-refractivity contribution in [3.8, 4) is 11.3 Å². The van der Waals surface area contributed by atoms with E-state index in [2.05, 4.69) is 36.1 Å². The van der Waals surface area contributed by atoms with Crippen molar-refractivity contribution >= 4 is 11.6 Å². The van der Waals surface area contributed by atoms with Gasteiger partial charge in [-0.15, -0.1) is 0 Å². The topological polar surface area (TPSA) is 75.6 Å². The number of piperazine rings is 1. The van der Waals surface area contributed by atoms with Gasteiger partial charge in [0.2, 0.25) is 0 Å². The molecule has 0 N–H and O–H groups in total. The minimum atomic E-state index is 0.646. The van der Waals surface area contributed by atoms with Crippen LogP contribution in [-0.4, -0.2) is 55.8 Å². The smallest absolute Gasteiger partial charge is 0.254 e. The van der Waals surface area contributed by atoms with Crippen molar-refractivity contribution in [2.45, 2.75) is 13.5 Å². The number of benzene rings is 1. The van der Waals surface area contributed by atoms with Gasteiger partial charge in [0.05, 0.1) is 6.54 Å². The van der Waals surface area contributed by atoms with Crippen LogP contribution in [0.3, 0.4) is 0 Å². The molecule has 1 saturated heterocycles. The third-order valence-electron chi connectivity index (χ3n) is 5.07. The molecule has 0 radical (unpaired) electrons. The van der Waals surface area contributed by atoms with Crippen LogP contribution in [0.15, 0.2) is 53.3 Å². The summed E-state index contributed by atoms with van der Waals surface area (Å²) in [5, 5.41) is 8.53. The summed E-state index contributed by atoms with van der Waals surface area (Å²) in [5.41, 5.74) is 2.91. The van der Waals surface area contributed by atoms with Gasteiger partial charge < -0.3 is 9.42 Å². The maximum atomic E-state index is 5.56. The Labute approximate surface area is 162 Å². The van der Waals surface area contributed by atoms with Gasteiger partial charge in [0.25, 0.3) is 5.78 Å². The lowest BCUT2D eigenvalue weighted by Gasteiger charge is -2.35. The number of hydrogen-bond acceptors (Lipinski definition) is 7. The van der Waals surface area contributed by atoms with Crippen molar-refractivity contribution < 1.29 is 4.52 Å². The van der Waals surface area contributed by atoms with E-state index in [0.717, 1.165) is 61.3 Å². The quantitative estimate of drug-likeness (QED) is 0.542. The molecule has 142 valence electrons. The number of anilines is 1. The number of aryl methyl sites for hydroxylation is 1. The molecule has 0 amide bonds. The maximum Gasteiger partial charge on any atom is 0.254 e. The number of aromatic nitrogens is 5. The molecular weight excluding hydrogens is 354 g/mol. The SMILES string of the molecule is Cc1cc(N2CCN(Cc3cc(-c4ccccc4)no3)CC2)n2ncnc2n1. The molecule has 0 saturated carbocycles. The van der Waals surface area contributed by atoms with E-state index in [-0.39, 0.29) is 0 Å². The standard InChI is InChI=1S/C20H21N7O/c1-15-11-19(27-20(23-15)21-14-22-27)26-9-7-25(8-10-26)13-17-12-18(24-28-17)16-5-3-2-4-6-16/h2-6,11-12,14H,7-10,13H2,1H3. The largest absolute Gasteiger partial charge is 0.359 e. The van der Waals surface area contributed by atoms with E-state index < -0.39 is 0 Å². The summed E-state index contributed by atoms with van der Waals surface area (Å²) in [7, 11) is 0. The van der Waals surface area contributed by atoms with Crippen LogP contribution in [-0.2, 0) is 6.54 Å². The van der Waals surface area contributed by atoms with Crippen molar-refractivity contribution in [2.75, 3.05) is 31.1 Å². The van der Waals surface area contributed by atoms with E-state index in [1.165, 1.54) is 0 Å². The van der Waals surface area contributed by atoms with Gasteiger partial charge in [0, 0.05) is 49.6 Å². The zero-order valence-electron chi connectivity index (χ0n) is 15.7. The average molecular weight is 375 g/mol. The van der Waals surface area contributed by atoms with Crippen molar-refractivity contribution in [1.29, 1.82) is 0 Å². The number of hydrogen-bond donors (Lipinski definition) is 0. The average Bonchev–Trinajstić information content (AvgIpc) is 3.38. The van der Waals surface area contributed by atoms with Gasteiger partial charge in [-0.2, -0.15) is 14.6 Å². The number of fused-ring (bicyclic) bond motifs is 1. The maximum absolute atomic E-state index is 5.56. The van der Waals surface area contributed by atoms with Gasteiger partial charge in [-0.05, 0) is 6.92 Å². The predicted octanol–water partition coefficient (Wildman–Crippen LogP) is 2.41. The summed E-state index contributed by atoms with van der Waals surface area (Å²) in [6.45, 7) is 6.47. The highest BCUT2D eigenvalue weighted by molar-refractivity contribution is 5.58. The zero-order valence-corrected chi connectivity index (χ0v) is 15.7. The molecule has 0 bridgehead atoms. The summed E-state index contributed by atoms with van der Waals surface area (Å²) in [5.74, 6) is 2.59. The second-order valence-corrected chi connectivity index (χ2v) is 7.04. The van der Waals surface area contributed by atoms with Crippen LogP contribution in [0.2, 0.25) is 0 Å². The van der Waals surface area contributed by atoms with Crippen LogP contribution in [0.25, 0.3) is 17.0 Å². The lowest BCUT2D eigenvalue weighted by molar-refractivity contribution is 0.219. The molecular formula is C20H21N7O. The lowest BCUT2D eigenvalue weighted by atomic mass is 10.1. The Morgan fingerprint density at radius 2 is 1.86 bits per heavy atom. The van der Waals surface area contributed by atoms with E-state index in [4.69, 9.17) is 4.52 Å². The molecule has 3 aromatic heterocycles. The van der Waals surface area contributed by atoms with E-state index >= 15 is 0 Å². The van der Waals surface area contributed by atoms with Gasteiger partial charge >= 0.3 is 0 Å². The van der Waals surface area contributed by atoms with Crippen molar-refractivity contribution in [1.82, 2.24) is 29.6 Å². The van der Waals surface area contributed by atoms with Crippen LogP contribution in [0, 0.1) is 6.92 Å². The van der Waals surface area contributed by atoms with Gasteiger partial charge in [-0.3, -0.25) is 4.90 Å². The molecule has 1 aliphatic rings. The van der Waals surface area contributed by atoms with E-state index in [0.29, 0.717) is 5.78 Å². The van der Waals surface area contributed by atoms with E-state index in [9.17, 15) is 0 Å². The molecule has 0 unspecified atom stereocenters. The van der Waals surface area contributed by atoms with Crippen LogP contribution in [0.5, 0.6) is 0 Å². The van der Waals surface area contributed by atoms with Crippen LogP contribution in [0.1, 0.15) is 11.5 Å². The predicted molar refractivity (Wildman–Crippen MR) is 105 cm³/mol. The Kier molecular flexibility index (Phi) is 4.25. The van der Waals surface area contributed by atoms with Gasteiger partial charge in [-0.1, -0.05) is 35.5 Å². The van der Waals surface area contributed by atoms with Crippen LogP contribution >= 0.6 is 0 Å². The molecule has 1 aromatic carbocycles. The minimum Gasteiger partial charge on any atom is -0.359 e. The van der Waals surface area contributed by atoms with Crippen LogP contribution < -0.4 is 4.90 Å². The third kappa shape index (κ3) is 3.22. The fourth-order valence-electron chi connectivity index (χ4n) is 3.62. The molecule has 0 aliphatic carbocycles. The monoisotopic (exact) mass is 375 g/mol. The Hall–Kier alpha value is -3.26. The number of rotatable bonds is 4. The zero-order chi connectivity index (χ0) is 18.9. The molecule has 1 fully saturated rings. The normalized spacial score (nSPS) is 15.4. The van der Waals surface area contributed by atoms with Gasteiger partial charge in [-0.25, -0.2) is 4.98 Å². The second-order valence-electron chi connectivity index (χ2n) is 7.04. The first-order valence-electron chi connectivity index (χ1n) is 9.42. The Bertz CT molecular complexity index is 1080. The lowest BCUT2D eigenvalue weighted by Crippen LogP contribution is -2.46. The molecule has 0 spiro atoms. The van der Waals surface area contributed by atoms with Gasteiger partial charge in [0.1, 0.15) is 17.8 Å². The molecule has 8 heteroatoms. The molecule has 28 heavy (non-hydrogen) atoms. The van der Waals surface area contributed by atoms with Gasteiger partial charge in [0.15, 0.2) is 5.76 Å². The Balaban J connectivity index is 1.25. The first kappa shape index (κ1) is 16.9. The third-order valence-corrected chi connectivity index (χ3v) is 5.07. The highest BCUT2D eigenvalue weighted by atomic mass is 16.5. The highest BCUT2D eigenvalue weighted by Gasteiger charge is 2.21. The molecule has 0 atom stereocenters. The van der Waals surface area contributed by atoms with Crippen molar-refractivity contribution in [3.63, 3.8) is 0 Å². The first-order valence-corrected chi connectivity index (χ1v) is 9.42. The summed E-state index contributed by atoms with van der Waals surface area (Å²) in [6.07, 6.45) is 1.55. The van der Waals surface area contributed by atoms with E-state index in [1.807, 2.05) is 47.8 Å². The van der Waals surface area contributed by atoms with Crippen molar-refractivity contribution in [3.05, 3.63) is 60.2 Å². The second kappa shape index (κ2) is 7.05. The summed E-state index contributed by atoms with van der Waals surface area (Å²) in [4.78, 5) is 13.4. The minimum absolute atomic E-state index is 0.646. The molecule has 1 aliphatic heterocycles. The molecule has 5 rings (SSSR count). The summed E-state index contributed by atoms with van der Waals surface area (Å²) in [6, 6.07) is 14.2. The Morgan fingerprint density at radius 3 is 2.68 bits per heavy atom. The molecule has 4 aromatic rings. The van der Waals surface area contributed by atoms with Crippen molar-refractivity contribution in [2.24, 2.45) is 0 Å². The fourth-order valence-corrected chi connectivity index (χ4v) is 3.62. The molecule has 4 heterocycles. The fraction of sp³-hybridized carbons (Fsp3) is 0.300. The highest BCUT2D eigenvalue weighted by Crippen LogP contribution is 2.21. The Morgan fingerprint density at radius 1 is 1.04 bits per heavy atom. The first-order chi connectivity index (χ1) is 13.8. The molecule has 8 nitrogen and oxygen atoms in total. The number of nitrogens with zero attached hydrogens (tertiary/aromatic N) is 7. The summed E-state index contributed by atoms with van der Waals surface area (Å²) >= 11 is 0.